The summed E-state index contributed by atoms with van der Waals surface area (Å²) in [6.07, 6.45) is 0. The van der Waals surface area contributed by atoms with E-state index in [-0.39, 0.29) is 6.61 Å². The molecule has 0 saturated carbocycles. The summed E-state index contributed by atoms with van der Waals surface area (Å²) in [5.74, 6) is 0.00734. The highest BCUT2D eigenvalue weighted by molar-refractivity contribution is 5.93. The number of esters is 1. The van der Waals surface area contributed by atoms with Crippen molar-refractivity contribution in [3.8, 4) is 5.75 Å². The molecule has 0 aromatic heterocycles. The number of benzene rings is 2. The zero-order valence-electron chi connectivity index (χ0n) is 12.5. The maximum Gasteiger partial charge on any atom is 0.342 e. The molecule has 21 heavy (non-hydrogen) atoms. The van der Waals surface area contributed by atoms with Crippen molar-refractivity contribution in [2.75, 3.05) is 12.8 Å². The van der Waals surface area contributed by atoms with Crippen LogP contribution in [0.3, 0.4) is 0 Å². The van der Waals surface area contributed by atoms with Crippen LogP contribution in [0, 0.1) is 13.8 Å². The van der Waals surface area contributed by atoms with E-state index < -0.39 is 5.97 Å². The normalized spacial score (nSPS) is 10.2. The molecule has 4 nitrogen and oxygen atoms in total. The van der Waals surface area contributed by atoms with E-state index >= 15 is 0 Å². The number of hydrogen-bond donors (Lipinski definition) is 1. The highest BCUT2D eigenvalue weighted by Gasteiger charge is 2.14. The Morgan fingerprint density at radius 3 is 2.38 bits per heavy atom. The van der Waals surface area contributed by atoms with Crippen molar-refractivity contribution in [1.29, 1.82) is 0 Å². The minimum Gasteiger partial charge on any atom is -0.496 e. The van der Waals surface area contributed by atoms with Gasteiger partial charge in [0.15, 0.2) is 0 Å². The number of nitrogen functional groups attached to an aromatic ring is 1. The molecule has 0 spiro atoms. The van der Waals surface area contributed by atoms with Gasteiger partial charge in [0.2, 0.25) is 0 Å². The van der Waals surface area contributed by atoms with Gasteiger partial charge in [0, 0.05) is 5.69 Å². The summed E-state index contributed by atoms with van der Waals surface area (Å²) >= 11 is 0. The van der Waals surface area contributed by atoms with Gasteiger partial charge in [-0.25, -0.2) is 4.79 Å². The van der Waals surface area contributed by atoms with Crippen LogP contribution in [-0.2, 0) is 11.3 Å². The van der Waals surface area contributed by atoms with E-state index in [0.717, 1.165) is 16.7 Å². The average molecular weight is 285 g/mol. The topological polar surface area (TPSA) is 61.5 Å². The van der Waals surface area contributed by atoms with E-state index in [1.165, 1.54) is 7.11 Å². The van der Waals surface area contributed by atoms with E-state index in [0.29, 0.717) is 17.0 Å². The Kier molecular flexibility index (Phi) is 4.48. The second-order valence-corrected chi connectivity index (χ2v) is 5.03. The van der Waals surface area contributed by atoms with Gasteiger partial charge in [0.1, 0.15) is 17.9 Å². The Balaban J connectivity index is 2.13. The summed E-state index contributed by atoms with van der Waals surface area (Å²) in [5, 5.41) is 0. The fraction of sp³-hybridized carbons (Fsp3) is 0.235. The van der Waals surface area contributed by atoms with Gasteiger partial charge in [-0.1, -0.05) is 29.3 Å². The molecule has 0 aliphatic rings. The number of aryl methyl sites for hydroxylation is 2. The molecular weight excluding hydrogens is 266 g/mol. The summed E-state index contributed by atoms with van der Waals surface area (Å²) < 4.78 is 10.5. The van der Waals surface area contributed by atoms with Crippen molar-refractivity contribution in [1.82, 2.24) is 0 Å². The molecule has 110 valence electrons. The molecule has 2 aromatic rings. The highest BCUT2D eigenvalue weighted by Crippen LogP contribution is 2.22. The van der Waals surface area contributed by atoms with Crippen molar-refractivity contribution in [2.24, 2.45) is 0 Å². The van der Waals surface area contributed by atoms with E-state index in [4.69, 9.17) is 15.2 Å². The van der Waals surface area contributed by atoms with Crippen LogP contribution in [0.2, 0.25) is 0 Å². The van der Waals surface area contributed by atoms with Crippen LogP contribution in [0.4, 0.5) is 5.69 Å². The second kappa shape index (κ2) is 6.31. The first-order valence-electron chi connectivity index (χ1n) is 6.67. The van der Waals surface area contributed by atoms with Crippen molar-refractivity contribution in [2.45, 2.75) is 20.5 Å². The second-order valence-electron chi connectivity index (χ2n) is 5.03. The molecule has 2 aromatic carbocycles. The number of anilines is 1. The summed E-state index contributed by atoms with van der Waals surface area (Å²) in [5.41, 5.74) is 9.78. The number of carbonyl (C=O) groups excluding carboxylic acids is 1. The number of rotatable bonds is 4. The molecule has 0 heterocycles. The summed E-state index contributed by atoms with van der Waals surface area (Å²) in [6, 6.07) is 11.0. The van der Waals surface area contributed by atoms with Crippen LogP contribution in [0.1, 0.15) is 27.0 Å². The van der Waals surface area contributed by atoms with E-state index in [2.05, 4.69) is 6.07 Å². The Labute approximate surface area is 124 Å². The lowest BCUT2D eigenvalue weighted by molar-refractivity contribution is 0.0469. The molecule has 0 radical (unpaired) electrons. The third kappa shape index (κ3) is 3.75. The van der Waals surface area contributed by atoms with Gasteiger partial charge in [-0.05, 0) is 37.6 Å². The molecule has 2 N–H and O–H groups in total. The Bertz CT molecular complexity index is 645. The van der Waals surface area contributed by atoms with Crippen LogP contribution in [-0.4, -0.2) is 13.1 Å². The minimum atomic E-state index is -0.446. The van der Waals surface area contributed by atoms with E-state index in [1.54, 1.807) is 18.2 Å². The molecule has 0 amide bonds. The predicted octanol–water partition coefficient (Wildman–Crippen LogP) is 3.25. The molecule has 0 aliphatic heterocycles. The third-order valence-electron chi connectivity index (χ3n) is 3.09. The summed E-state index contributed by atoms with van der Waals surface area (Å²) in [4.78, 5) is 12.2. The summed E-state index contributed by atoms with van der Waals surface area (Å²) in [7, 11) is 1.51. The monoisotopic (exact) mass is 285 g/mol. The maximum atomic E-state index is 12.2. The van der Waals surface area contributed by atoms with Gasteiger partial charge >= 0.3 is 5.97 Å². The lowest BCUT2D eigenvalue weighted by Gasteiger charge is -2.10. The van der Waals surface area contributed by atoms with Crippen molar-refractivity contribution >= 4 is 11.7 Å². The first-order chi connectivity index (χ1) is 9.99. The molecule has 0 saturated heterocycles. The largest absolute Gasteiger partial charge is 0.496 e. The predicted molar refractivity (Wildman–Crippen MR) is 82.4 cm³/mol. The van der Waals surface area contributed by atoms with Crippen LogP contribution in [0.15, 0.2) is 36.4 Å². The molecule has 0 unspecified atom stereocenters. The van der Waals surface area contributed by atoms with Crippen LogP contribution in [0.25, 0.3) is 0 Å². The zero-order valence-corrected chi connectivity index (χ0v) is 12.5. The highest BCUT2D eigenvalue weighted by atomic mass is 16.5. The number of carbonyl (C=O) groups is 1. The van der Waals surface area contributed by atoms with Crippen molar-refractivity contribution in [3.63, 3.8) is 0 Å². The van der Waals surface area contributed by atoms with Crippen molar-refractivity contribution < 1.29 is 14.3 Å². The van der Waals surface area contributed by atoms with Gasteiger partial charge in [-0.2, -0.15) is 0 Å². The van der Waals surface area contributed by atoms with Crippen LogP contribution >= 0.6 is 0 Å². The van der Waals surface area contributed by atoms with Crippen LogP contribution in [0.5, 0.6) is 5.75 Å². The van der Waals surface area contributed by atoms with Crippen molar-refractivity contribution in [3.05, 3.63) is 58.7 Å². The van der Waals surface area contributed by atoms with Gasteiger partial charge in [0.05, 0.1) is 7.11 Å². The number of hydrogen-bond acceptors (Lipinski definition) is 4. The lowest BCUT2D eigenvalue weighted by Crippen LogP contribution is -2.08. The van der Waals surface area contributed by atoms with E-state index in [9.17, 15) is 4.79 Å². The smallest absolute Gasteiger partial charge is 0.342 e. The van der Waals surface area contributed by atoms with Crippen LogP contribution < -0.4 is 10.5 Å². The zero-order chi connectivity index (χ0) is 15.4. The van der Waals surface area contributed by atoms with Gasteiger partial charge in [-0.15, -0.1) is 0 Å². The molecule has 4 heteroatoms. The first-order valence-corrected chi connectivity index (χ1v) is 6.67. The SMILES string of the molecule is COc1ccc(N)cc1C(=O)OCc1cc(C)cc(C)c1. The number of nitrogens with two attached hydrogens (primary N) is 1. The summed E-state index contributed by atoms with van der Waals surface area (Å²) in [6.45, 7) is 4.25. The standard InChI is InChI=1S/C17H19NO3/c1-11-6-12(2)8-13(7-11)10-21-17(19)15-9-14(18)4-5-16(15)20-3/h4-9H,10,18H2,1-3H3. The average Bonchev–Trinajstić information content (AvgIpc) is 2.43. The lowest BCUT2D eigenvalue weighted by atomic mass is 10.1. The third-order valence-corrected chi connectivity index (χ3v) is 3.09. The number of ether oxygens (including phenoxy) is 2. The first kappa shape index (κ1) is 14.9. The fourth-order valence-electron chi connectivity index (χ4n) is 2.26. The van der Waals surface area contributed by atoms with Gasteiger partial charge < -0.3 is 15.2 Å². The fourth-order valence-corrected chi connectivity index (χ4v) is 2.26. The number of methoxy groups -OCH3 is 1. The molecule has 0 aliphatic carbocycles. The Hall–Kier alpha value is -2.49. The minimum absolute atomic E-state index is 0.222. The quantitative estimate of drug-likeness (QED) is 0.692. The molecule has 0 fully saturated rings. The molecule has 0 atom stereocenters. The Morgan fingerprint density at radius 2 is 1.76 bits per heavy atom. The maximum absolute atomic E-state index is 12.2. The Morgan fingerprint density at radius 1 is 1.10 bits per heavy atom. The van der Waals surface area contributed by atoms with Gasteiger partial charge in [-0.3, -0.25) is 0 Å². The molecule has 0 bridgehead atoms. The van der Waals surface area contributed by atoms with Gasteiger partial charge in [0.25, 0.3) is 0 Å². The molecular formula is C17H19NO3. The molecule has 2 rings (SSSR count). The van der Waals surface area contributed by atoms with E-state index in [1.807, 2.05) is 26.0 Å².